The van der Waals surface area contributed by atoms with Crippen molar-refractivity contribution in [1.82, 2.24) is 0 Å². The third-order valence-corrected chi connectivity index (χ3v) is 4.86. The summed E-state index contributed by atoms with van der Waals surface area (Å²) in [4.78, 5) is 24.0. The first kappa shape index (κ1) is 24.1. The van der Waals surface area contributed by atoms with E-state index in [2.05, 4.69) is 5.32 Å². The number of aromatic carboxylic acids is 1. The number of hydrogen-bond donors (Lipinski definition) is 2. The van der Waals surface area contributed by atoms with Crippen molar-refractivity contribution in [3.8, 4) is 17.6 Å². The molecule has 7 nitrogen and oxygen atoms in total. The van der Waals surface area contributed by atoms with Gasteiger partial charge in [-0.15, -0.1) is 0 Å². The molecule has 0 fully saturated rings. The summed E-state index contributed by atoms with van der Waals surface area (Å²) in [5.41, 5.74) is 2.60. The zero-order valence-corrected chi connectivity index (χ0v) is 18.9. The van der Waals surface area contributed by atoms with Crippen LogP contribution in [0.5, 0.6) is 11.5 Å². The number of anilines is 1. The van der Waals surface area contributed by atoms with Gasteiger partial charge in [-0.25, -0.2) is 4.79 Å². The molecule has 34 heavy (non-hydrogen) atoms. The highest BCUT2D eigenvalue weighted by Crippen LogP contribution is 2.30. The van der Waals surface area contributed by atoms with E-state index < -0.39 is 11.9 Å². The number of carboxylic acids is 1. The van der Waals surface area contributed by atoms with Crippen LogP contribution in [-0.4, -0.2) is 23.6 Å². The molecule has 0 atom stereocenters. The van der Waals surface area contributed by atoms with E-state index in [1.807, 2.05) is 44.2 Å². The molecule has 0 saturated heterocycles. The molecule has 0 saturated carbocycles. The summed E-state index contributed by atoms with van der Waals surface area (Å²) in [6.07, 6.45) is 1.41. The number of carbonyl (C=O) groups is 2. The second-order valence-corrected chi connectivity index (χ2v) is 7.39. The van der Waals surface area contributed by atoms with Crippen LogP contribution in [0.2, 0.25) is 0 Å². The number of benzene rings is 3. The van der Waals surface area contributed by atoms with Gasteiger partial charge in [0.05, 0.1) is 17.9 Å². The van der Waals surface area contributed by atoms with Crippen molar-refractivity contribution in [2.24, 2.45) is 0 Å². The van der Waals surface area contributed by atoms with Crippen LogP contribution in [0.1, 0.15) is 34.0 Å². The highest BCUT2D eigenvalue weighted by molar-refractivity contribution is 6.11. The predicted molar refractivity (Wildman–Crippen MR) is 129 cm³/mol. The van der Waals surface area contributed by atoms with Gasteiger partial charge < -0.3 is 19.9 Å². The number of carboxylic acid groups (broad SMARTS) is 1. The zero-order chi connectivity index (χ0) is 24.5. The van der Waals surface area contributed by atoms with Gasteiger partial charge in [0.2, 0.25) is 0 Å². The number of nitrogens with one attached hydrogen (secondary N) is 1. The van der Waals surface area contributed by atoms with Crippen molar-refractivity contribution in [2.45, 2.75) is 20.5 Å². The average molecular weight is 456 g/mol. The van der Waals surface area contributed by atoms with E-state index in [-0.39, 0.29) is 16.8 Å². The van der Waals surface area contributed by atoms with Crippen LogP contribution in [0.25, 0.3) is 6.08 Å². The Hall–Kier alpha value is -4.57. The SMILES string of the molecule is CCOc1cc(/C=C(\C#N)C(=O)Nc2ccccc2C(=O)O)ccc1OCc1ccc(C)cc1. The number of para-hydroxylation sites is 1. The number of nitrogens with zero attached hydrogens (tertiary/aromatic N) is 1. The molecule has 172 valence electrons. The maximum absolute atomic E-state index is 12.6. The molecule has 0 aliphatic carbocycles. The second-order valence-electron chi connectivity index (χ2n) is 7.39. The molecule has 2 N–H and O–H groups in total. The Morgan fingerprint density at radius 2 is 1.76 bits per heavy atom. The Balaban J connectivity index is 1.80. The highest BCUT2D eigenvalue weighted by Gasteiger charge is 2.15. The fourth-order valence-corrected chi connectivity index (χ4v) is 3.13. The molecular formula is C27H24N2O5. The summed E-state index contributed by atoms with van der Waals surface area (Å²) in [6, 6.07) is 21.0. The molecule has 0 unspecified atom stereocenters. The topological polar surface area (TPSA) is 109 Å². The Bertz CT molecular complexity index is 1260. The summed E-state index contributed by atoms with van der Waals surface area (Å²) >= 11 is 0. The minimum absolute atomic E-state index is 0.0677. The van der Waals surface area contributed by atoms with Gasteiger partial charge in [0.15, 0.2) is 11.5 Å². The molecule has 0 radical (unpaired) electrons. The number of amides is 1. The van der Waals surface area contributed by atoms with E-state index in [1.54, 1.807) is 30.3 Å². The number of nitriles is 1. The monoisotopic (exact) mass is 456 g/mol. The van der Waals surface area contributed by atoms with Crippen LogP contribution in [-0.2, 0) is 11.4 Å². The largest absolute Gasteiger partial charge is 0.490 e. The number of hydrogen-bond acceptors (Lipinski definition) is 5. The van der Waals surface area contributed by atoms with Crippen molar-refractivity contribution >= 4 is 23.6 Å². The van der Waals surface area contributed by atoms with Crippen molar-refractivity contribution in [3.05, 3.63) is 94.6 Å². The molecule has 1 amide bonds. The minimum Gasteiger partial charge on any atom is -0.490 e. The van der Waals surface area contributed by atoms with Crippen molar-refractivity contribution in [2.75, 3.05) is 11.9 Å². The average Bonchev–Trinajstić information content (AvgIpc) is 2.83. The van der Waals surface area contributed by atoms with E-state index in [4.69, 9.17) is 9.47 Å². The third-order valence-electron chi connectivity index (χ3n) is 4.86. The third kappa shape index (κ3) is 6.24. The van der Waals surface area contributed by atoms with Crippen LogP contribution >= 0.6 is 0 Å². The van der Waals surface area contributed by atoms with E-state index in [9.17, 15) is 20.0 Å². The van der Waals surface area contributed by atoms with Gasteiger partial charge >= 0.3 is 5.97 Å². The first-order chi connectivity index (χ1) is 16.4. The molecule has 0 aromatic heterocycles. The fourth-order valence-electron chi connectivity index (χ4n) is 3.13. The minimum atomic E-state index is -1.18. The molecular weight excluding hydrogens is 432 g/mol. The van der Waals surface area contributed by atoms with Crippen molar-refractivity contribution in [3.63, 3.8) is 0 Å². The van der Waals surface area contributed by atoms with Crippen LogP contribution in [0, 0.1) is 18.3 Å². The number of ether oxygens (including phenoxy) is 2. The lowest BCUT2D eigenvalue weighted by molar-refractivity contribution is -0.112. The molecule has 0 aliphatic heterocycles. The predicted octanol–water partition coefficient (Wildman–Crippen LogP) is 5.22. The Morgan fingerprint density at radius 3 is 2.44 bits per heavy atom. The molecule has 0 spiro atoms. The molecule has 3 aromatic carbocycles. The lowest BCUT2D eigenvalue weighted by atomic mass is 10.1. The van der Waals surface area contributed by atoms with E-state index in [0.717, 1.165) is 5.56 Å². The first-order valence-corrected chi connectivity index (χ1v) is 10.6. The van der Waals surface area contributed by atoms with Crippen molar-refractivity contribution in [1.29, 1.82) is 5.26 Å². The van der Waals surface area contributed by atoms with Gasteiger partial charge in [0.1, 0.15) is 18.2 Å². The van der Waals surface area contributed by atoms with Gasteiger partial charge in [0.25, 0.3) is 5.91 Å². The summed E-state index contributed by atoms with van der Waals surface area (Å²) in [5, 5.41) is 21.3. The fraction of sp³-hybridized carbons (Fsp3) is 0.148. The summed E-state index contributed by atoms with van der Waals surface area (Å²) in [5.74, 6) is -0.870. The van der Waals surface area contributed by atoms with Gasteiger partial charge in [-0.2, -0.15) is 5.26 Å². The maximum atomic E-state index is 12.6. The lowest BCUT2D eigenvalue weighted by Gasteiger charge is -2.13. The highest BCUT2D eigenvalue weighted by atomic mass is 16.5. The molecule has 3 aromatic rings. The summed E-state index contributed by atoms with van der Waals surface area (Å²) in [7, 11) is 0. The molecule has 0 bridgehead atoms. The van der Waals surface area contributed by atoms with Gasteiger partial charge in [-0.3, -0.25) is 4.79 Å². The van der Waals surface area contributed by atoms with Crippen LogP contribution in [0.3, 0.4) is 0 Å². The normalized spacial score (nSPS) is 10.8. The van der Waals surface area contributed by atoms with Gasteiger partial charge in [-0.05, 0) is 55.3 Å². The number of aryl methyl sites for hydroxylation is 1. The summed E-state index contributed by atoms with van der Waals surface area (Å²) < 4.78 is 11.6. The van der Waals surface area contributed by atoms with Gasteiger partial charge in [0, 0.05) is 0 Å². The maximum Gasteiger partial charge on any atom is 0.337 e. The van der Waals surface area contributed by atoms with Crippen LogP contribution in [0.15, 0.2) is 72.3 Å². The standard InChI is InChI=1S/C27H24N2O5/c1-3-33-25-15-20(12-13-24(25)34-17-19-10-8-18(2)9-11-19)14-21(16-28)26(30)29-23-7-5-4-6-22(23)27(31)32/h4-15H,3,17H2,1-2H3,(H,29,30)(H,31,32)/b21-14+. The molecule has 0 aliphatic rings. The summed E-state index contributed by atoms with van der Waals surface area (Å²) in [6.45, 7) is 4.64. The van der Waals surface area contributed by atoms with Gasteiger partial charge in [-0.1, -0.05) is 48.0 Å². The molecule has 7 heteroatoms. The Labute approximate surface area is 197 Å². The Morgan fingerprint density at radius 1 is 1.03 bits per heavy atom. The van der Waals surface area contributed by atoms with Crippen molar-refractivity contribution < 1.29 is 24.2 Å². The lowest BCUT2D eigenvalue weighted by Crippen LogP contribution is -2.16. The van der Waals surface area contributed by atoms with Crippen LogP contribution < -0.4 is 14.8 Å². The van der Waals surface area contributed by atoms with E-state index >= 15 is 0 Å². The zero-order valence-electron chi connectivity index (χ0n) is 18.9. The Kier molecular flexibility index (Phi) is 8.03. The van der Waals surface area contributed by atoms with E-state index in [0.29, 0.717) is 30.3 Å². The smallest absolute Gasteiger partial charge is 0.337 e. The first-order valence-electron chi connectivity index (χ1n) is 10.6. The number of rotatable bonds is 9. The second kappa shape index (κ2) is 11.3. The quantitative estimate of drug-likeness (QED) is 0.338. The molecule has 3 rings (SSSR count). The number of carbonyl (C=O) groups excluding carboxylic acids is 1. The van der Waals surface area contributed by atoms with E-state index in [1.165, 1.54) is 23.8 Å². The van der Waals surface area contributed by atoms with Crippen LogP contribution in [0.4, 0.5) is 5.69 Å². The molecule has 0 heterocycles.